The Hall–Kier alpha value is 23.5. The van der Waals surface area contributed by atoms with Crippen LogP contribution >= 0.6 is 641 Å². The summed E-state index contributed by atoms with van der Waals surface area (Å²) in [5.41, 5.74) is 0. The number of hydrogen-bond acceptors (Lipinski definition) is 67. The average Bonchev–Trinajstić information content (AvgIpc) is 3.34. The smallest absolute Gasteiger partial charge is 0.000468 e. The van der Waals surface area contributed by atoms with Crippen molar-refractivity contribution < 1.29 is 0 Å². The van der Waals surface area contributed by atoms with E-state index in [0.717, 1.165) is 0 Å². The molecule has 0 aromatic carbocycles. The van der Waals surface area contributed by atoms with E-state index < -0.39 is 6.18 Å². The Morgan fingerprint density at radius 1 is 0.174 bits per heavy atom. The quantitative estimate of drug-likeness (QED) is 0.0349. The molecule has 0 aliphatic rings. The predicted octanol–water partition coefficient (Wildman–Crippen LogP) is 42.0. The Morgan fingerprint density at radius 3 is 0.348 bits per heavy atom. The number of hydrogen-bond donors (Lipinski definition) is 1. The predicted molar refractivity (Wildman–Crippen MR) is 523 cm³/mol. The van der Waals surface area contributed by atoms with Gasteiger partial charge in [-0.1, -0.05) is 11.7 Å². The summed E-state index contributed by atoms with van der Waals surface area (Å²) in [4.78, 5) is 0. The molecule has 0 aromatic rings. The SMILES string of the molecule is CS(=S)(=S)SSSSSSSSSSSSSSSSSSSSSSSSSSSSSSSSSSSSSSSSSSSSSSSSSSSSSSSSSSSSSSSSS. The van der Waals surface area contributed by atoms with E-state index in [1.165, 1.54) is 9.83 Å². The summed E-state index contributed by atoms with van der Waals surface area (Å²) in [6.07, 6.45) is 0.657. The van der Waals surface area contributed by atoms with Crippen LogP contribution in [0.5, 0.6) is 0 Å². The van der Waals surface area contributed by atoms with E-state index in [4.69, 9.17) is 22.4 Å². The van der Waals surface area contributed by atoms with Crippen LogP contribution in [0.15, 0.2) is 0 Å². The van der Waals surface area contributed by atoms with Crippen LogP contribution in [0.2, 0.25) is 0 Å². The molecule has 0 spiro atoms. The van der Waals surface area contributed by atoms with Gasteiger partial charge in [-0.15, -0.1) is 0 Å². The van der Waals surface area contributed by atoms with Crippen LogP contribution in [0.25, 0.3) is 0 Å². The highest BCUT2D eigenvalue weighted by molar-refractivity contribution is 9.65. The van der Waals surface area contributed by atoms with E-state index in [1.54, 1.807) is 128 Å². The van der Waals surface area contributed by atoms with Gasteiger partial charge in [-0.2, -0.15) is 0 Å². The van der Waals surface area contributed by atoms with E-state index in [2.05, 4.69) is 11.7 Å². The Kier molecular flexibility index (Phi) is 115. The molecular formula is CH4S68. The fraction of sp³-hybridized carbons (Fsp3) is 1.00. The molecule has 0 aliphatic carbocycles. The standard InChI is InChI=1S/CH4S68/c1-69(3,4)68-67-66-65-64-63-62-61-60-59-58-57-56-55-54-53-52-51-50-49-48-47-46-45-44-43-42-41-40-39-38-37-36-35-34-33-32-31-30-29-28-27-26-25-24-23-22-21-20-19-18-17-16-15-14-13-12-11-10-9-8-7-6-5-2/h2H,1H3. The van der Waals surface area contributed by atoms with Crippen LogP contribution in [0.3, 0.4) is 0 Å². The van der Waals surface area contributed by atoms with Gasteiger partial charge in [0.15, 0.2) is 0 Å². The molecule has 69 heavy (non-hydrogen) atoms. The van der Waals surface area contributed by atoms with Crippen molar-refractivity contribution >= 4 is 669 Å². The van der Waals surface area contributed by atoms with Crippen molar-refractivity contribution in [1.82, 2.24) is 0 Å². The zero-order valence-electron chi connectivity index (χ0n) is 28.8. The first-order valence-corrected chi connectivity index (χ1v) is 102. The van der Waals surface area contributed by atoms with Gasteiger partial charge < -0.3 is 0 Å². The minimum absolute atomic E-state index is 1.31. The van der Waals surface area contributed by atoms with Gasteiger partial charge >= 0.3 is 0 Å². The molecule has 0 aromatic heterocycles. The number of rotatable bonds is 64. The zero-order chi connectivity index (χ0) is 49.8. The lowest BCUT2D eigenvalue weighted by molar-refractivity contribution is 2.53. The molecule has 0 radical (unpaired) electrons. The third-order valence-electron chi connectivity index (χ3n) is 1.88. The van der Waals surface area contributed by atoms with Gasteiger partial charge in [0, 0.05) is 478 Å². The molecule has 0 nitrogen and oxygen atoms in total. The first-order valence-electron chi connectivity index (χ1n) is 11.6. The average molecular weight is 2200 g/mol. The summed E-state index contributed by atoms with van der Waals surface area (Å²) >= 11 is 14.6. The lowest BCUT2D eigenvalue weighted by atomic mass is 12.0. The summed E-state index contributed by atoms with van der Waals surface area (Å²) in [6.45, 7) is 0. The maximum absolute atomic E-state index is 5.24. The second-order valence-corrected chi connectivity index (χ2v) is 128. The van der Waals surface area contributed by atoms with E-state index in [0.29, 0.717) is 0 Å². The summed E-state index contributed by atoms with van der Waals surface area (Å²) in [5, 5.41) is 0. The lowest BCUT2D eigenvalue weighted by Crippen LogP contribution is -1.75. The molecule has 0 fully saturated rings. The fourth-order valence-electron chi connectivity index (χ4n) is 0.755. The van der Waals surface area contributed by atoms with Crippen molar-refractivity contribution in [3.63, 3.8) is 0 Å². The van der Waals surface area contributed by atoms with Crippen LogP contribution in [0.1, 0.15) is 0 Å². The van der Waals surface area contributed by atoms with Gasteiger partial charge in [-0.3, -0.25) is 0 Å². The lowest BCUT2D eigenvalue weighted by Gasteiger charge is -2.00. The molecule has 0 N–H and O–H groups in total. The molecule has 0 unspecified atom stereocenters. The minimum Gasteiger partial charge on any atom is -0.0988 e. The van der Waals surface area contributed by atoms with Crippen LogP contribution in [-0.2, 0) is 28.6 Å². The molecule has 0 bridgehead atoms. The summed E-state index contributed by atoms with van der Waals surface area (Å²) < 4.78 is 0. The molecule has 0 saturated carbocycles. The fourth-order valence-corrected chi connectivity index (χ4v) is 179. The highest BCUT2D eigenvalue weighted by Gasteiger charge is 2.06. The molecule has 0 heterocycles. The van der Waals surface area contributed by atoms with Gasteiger partial charge in [0.05, 0.1) is 0 Å². The molecule has 0 rings (SSSR count). The number of thiol groups is 1. The van der Waals surface area contributed by atoms with Gasteiger partial charge in [-0.05, 0) is 186 Å². The van der Waals surface area contributed by atoms with Crippen LogP contribution in [0, 0.1) is 0 Å². The third-order valence-corrected chi connectivity index (χ3v) is 148. The van der Waals surface area contributed by atoms with Gasteiger partial charge in [0.1, 0.15) is 0 Å². The third kappa shape index (κ3) is 91.5. The van der Waals surface area contributed by atoms with Gasteiger partial charge in [0.2, 0.25) is 0 Å². The molecular weight excluding hydrogens is 2190 g/mol. The molecule has 416 valence electrons. The Labute approximate surface area is 656 Å². The maximum Gasteiger partial charge on any atom is 0.000468 e. The van der Waals surface area contributed by atoms with Crippen molar-refractivity contribution in [2.75, 3.05) is 6.26 Å². The van der Waals surface area contributed by atoms with Crippen LogP contribution in [0.4, 0.5) is 0 Å². The van der Waals surface area contributed by atoms with Gasteiger partial charge in [-0.25, -0.2) is 0 Å². The van der Waals surface area contributed by atoms with E-state index in [-0.39, 0.29) is 0 Å². The van der Waals surface area contributed by atoms with Crippen molar-refractivity contribution in [3.8, 4) is 0 Å². The Morgan fingerprint density at radius 2 is 0.261 bits per heavy atom. The molecule has 68 heteroatoms. The molecule has 0 saturated heterocycles. The highest BCUT2D eigenvalue weighted by Crippen LogP contribution is 2.70. The van der Waals surface area contributed by atoms with E-state index in [1.807, 2.05) is 498 Å². The van der Waals surface area contributed by atoms with E-state index >= 15 is 0 Å². The van der Waals surface area contributed by atoms with Crippen molar-refractivity contribution in [3.05, 3.63) is 0 Å². The monoisotopic (exact) mass is 2190 g/mol. The molecule has 0 aliphatic heterocycles. The van der Waals surface area contributed by atoms with E-state index in [9.17, 15) is 0 Å². The maximum atomic E-state index is 5.24. The highest BCUT2D eigenvalue weighted by atomic mass is 34.1. The first-order chi connectivity index (χ1) is 34.1. The molecule has 0 atom stereocenters. The second kappa shape index (κ2) is 85.8. The summed E-state index contributed by atoms with van der Waals surface area (Å²) in [5.74, 6) is 0. The Bertz CT molecular complexity index is 978. The largest absolute Gasteiger partial charge is 0.0988 e. The van der Waals surface area contributed by atoms with Crippen molar-refractivity contribution in [2.45, 2.75) is 0 Å². The summed E-state index contributed by atoms with van der Waals surface area (Å²) in [6, 6.07) is 0. The van der Waals surface area contributed by atoms with Gasteiger partial charge in [0.25, 0.3) is 0 Å². The zero-order valence-corrected chi connectivity index (χ0v) is 84.4. The van der Waals surface area contributed by atoms with Crippen molar-refractivity contribution in [2.24, 2.45) is 0 Å². The van der Waals surface area contributed by atoms with Crippen LogP contribution in [-0.4, -0.2) is 6.26 Å². The minimum atomic E-state index is -1.31. The Balaban J connectivity index is 3.08. The topological polar surface area (TPSA) is 0 Å². The normalized spacial score (nSPS) is 12.0. The first kappa shape index (κ1) is 92.5. The van der Waals surface area contributed by atoms with Crippen LogP contribution < -0.4 is 0 Å². The molecule has 0 amide bonds. The van der Waals surface area contributed by atoms with Crippen molar-refractivity contribution in [1.29, 1.82) is 0 Å². The second-order valence-electron chi connectivity index (χ2n) is 5.07. The summed E-state index contributed by atoms with van der Waals surface area (Å²) in [7, 11) is 116.